The average molecular weight is 177 g/mol. The number of hydrogen-bond donors (Lipinski definition) is 2. The molecule has 0 aliphatic rings. The molecular weight excluding hydrogens is 170 g/mol. The fraction of sp³-hybridized carbons (Fsp3) is 0.400. The fourth-order valence-corrected chi connectivity index (χ4v) is 0.465. The van der Waals surface area contributed by atoms with Gasteiger partial charge in [0, 0.05) is 0 Å². The highest BCUT2D eigenvalue weighted by Gasteiger charge is 2.06. The van der Waals surface area contributed by atoms with Gasteiger partial charge in [-0.1, -0.05) is 0 Å². The van der Waals surface area contributed by atoms with Crippen LogP contribution in [0.3, 0.4) is 0 Å². The quantitative estimate of drug-likeness (QED) is 0.452. The number of hydrogen-bond acceptors (Lipinski definition) is 4. The zero-order valence-corrected chi connectivity index (χ0v) is 6.39. The van der Waals surface area contributed by atoms with Crippen molar-refractivity contribution in [2.45, 2.75) is 12.8 Å². The molecular formula is C5H7NO4S. The van der Waals surface area contributed by atoms with E-state index in [1.165, 1.54) is 0 Å². The third-order valence-corrected chi connectivity index (χ3v) is 0.841. The second kappa shape index (κ2) is 4.62. The molecule has 6 heteroatoms. The van der Waals surface area contributed by atoms with Crippen molar-refractivity contribution < 1.29 is 19.4 Å². The van der Waals surface area contributed by atoms with Gasteiger partial charge in [-0.15, -0.1) is 0 Å². The van der Waals surface area contributed by atoms with E-state index in [1.54, 1.807) is 0 Å². The highest BCUT2D eigenvalue weighted by Crippen LogP contribution is 1.92. The summed E-state index contributed by atoms with van der Waals surface area (Å²) in [6, 6.07) is 0. The molecule has 0 saturated heterocycles. The van der Waals surface area contributed by atoms with E-state index in [0.29, 0.717) is 0 Å². The van der Waals surface area contributed by atoms with Gasteiger partial charge in [0.05, 0.1) is 12.8 Å². The molecule has 0 aromatic rings. The molecule has 0 spiro atoms. The van der Waals surface area contributed by atoms with Crippen molar-refractivity contribution in [2.24, 2.45) is 5.73 Å². The van der Waals surface area contributed by atoms with Crippen LogP contribution in [0.1, 0.15) is 12.8 Å². The Kier molecular flexibility index (Phi) is 4.12. The van der Waals surface area contributed by atoms with E-state index >= 15 is 0 Å². The van der Waals surface area contributed by atoms with E-state index in [0.717, 1.165) is 0 Å². The predicted molar refractivity (Wildman–Crippen MR) is 39.7 cm³/mol. The molecule has 0 aliphatic heterocycles. The lowest BCUT2D eigenvalue weighted by atomic mass is 10.3. The van der Waals surface area contributed by atoms with Gasteiger partial charge in [0.15, 0.2) is 0 Å². The molecule has 5 nitrogen and oxygen atoms in total. The molecule has 0 bridgehead atoms. The molecule has 3 N–H and O–H groups in total. The average Bonchev–Trinajstić information content (AvgIpc) is 1.82. The SMILES string of the molecule is NC(=S)OC(=O)CCC(=O)O. The largest absolute Gasteiger partial charge is 0.481 e. The minimum absolute atomic E-state index is 0.216. The van der Waals surface area contributed by atoms with E-state index < -0.39 is 11.9 Å². The Bertz CT molecular complexity index is 191. The molecule has 0 fully saturated rings. The Labute approximate surface area is 68.1 Å². The number of aliphatic carboxylic acids is 1. The molecule has 0 saturated carbocycles. The van der Waals surface area contributed by atoms with Crippen molar-refractivity contribution in [2.75, 3.05) is 0 Å². The molecule has 0 rings (SSSR count). The molecule has 0 unspecified atom stereocenters. The molecule has 0 amide bonds. The standard InChI is InChI=1S/C5H7NO4S/c6-5(11)10-4(9)2-1-3(7)8/h1-2H2,(H2,6,11)(H,7,8). The zero-order chi connectivity index (χ0) is 8.85. The van der Waals surface area contributed by atoms with Crippen LogP contribution in [0, 0.1) is 0 Å². The van der Waals surface area contributed by atoms with Gasteiger partial charge < -0.3 is 15.6 Å². The van der Waals surface area contributed by atoms with Crippen LogP contribution in [0.5, 0.6) is 0 Å². The maximum Gasteiger partial charge on any atom is 0.313 e. The number of carbonyl (C=O) groups is 2. The van der Waals surface area contributed by atoms with E-state index in [4.69, 9.17) is 10.8 Å². The van der Waals surface area contributed by atoms with Crippen molar-refractivity contribution in [3.05, 3.63) is 0 Å². The van der Waals surface area contributed by atoms with Gasteiger partial charge >= 0.3 is 11.9 Å². The summed E-state index contributed by atoms with van der Waals surface area (Å²) in [5.41, 5.74) is 4.84. The topological polar surface area (TPSA) is 89.6 Å². The number of thiocarbonyl (C=S) groups is 1. The summed E-state index contributed by atoms with van der Waals surface area (Å²) in [5, 5.41) is 7.74. The van der Waals surface area contributed by atoms with E-state index in [1.807, 2.05) is 0 Å². The molecule has 0 heterocycles. The van der Waals surface area contributed by atoms with Crippen molar-refractivity contribution in [1.82, 2.24) is 0 Å². The summed E-state index contributed by atoms with van der Waals surface area (Å²) in [5.74, 6) is -1.79. The van der Waals surface area contributed by atoms with Crippen LogP contribution >= 0.6 is 12.2 Å². The van der Waals surface area contributed by atoms with Gasteiger partial charge in [-0.25, -0.2) is 0 Å². The van der Waals surface area contributed by atoms with Crippen molar-refractivity contribution in [3.8, 4) is 0 Å². The van der Waals surface area contributed by atoms with Gasteiger partial charge in [-0.3, -0.25) is 9.59 Å². The van der Waals surface area contributed by atoms with Crippen LogP contribution in [0.25, 0.3) is 0 Å². The summed E-state index contributed by atoms with van der Waals surface area (Å²) in [7, 11) is 0. The lowest BCUT2D eigenvalue weighted by Gasteiger charge is -1.97. The third kappa shape index (κ3) is 6.72. The van der Waals surface area contributed by atoms with E-state index in [2.05, 4.69) is 17.0 Å². The minimum Gasteiger partial charge on any atom is -0.481 e. The van der Waals surface area contributed by atoms with Crippen molar-refractivity contribution >= 4 is 29.3 Å². The normalized spacial score (nSPS) is 8.73. The number of rotatable bonds is 3. The molecule has 0 aromatic carbocycles. The van der Waals surface area contributed by atoms with Crippen LogP contribution in [-0.4, -0.2) is 22.2 Å². The van der Waals surface area contributed by atoms with Crippen LogP contribution in [0.15, 0.2) is 0 Å². The first-order valence-corrected chi connectivity index (χ1v) is 3.15. The monoisotopic (exact) mass is 177 g/mol. The summed E-state index contributed by atoms with van der Waals surface area (Å²) < 4.78 is 4.21. The number of ether oxygens (including phenoxy) is 1. The second-order valence-electron chi connectivity index (χ2n) is 1.69. The smallest absolute Gasteiger partial charge is 0.313 e. The van der Waals surface area contributed by atoms with Crippen LogP contribution in [0.4, 0.5) is 0 Å². The molecule has 11 heavy (non-hydrogen) atoms. The predicted octanol–water partition coefficient (Wildman–Crippen LogP) is -0.362. The maximum absolute atomic E-state index is 10.5. The Balaban J connectivity index is 3.53. The maximum atomic E-state index is 10.5. The van der Waals surface area contributed by atoms with Gasteiger partial charge in [0.25, 0.3) is 5.17 Å². The fourth-order valence-electron chi connectivity index (χ4n) is 0.372. The summed E-state index contributed by atoms with van der Waals surface area (Å²) in [6.45, 7) is 0. The first-order valence-electron chi connectivity index (χ1n) is 2.74. The number of carboxylic acids is 1. The third-order valence-electron chi connectivity index (χ3n) is 0.757. The number of esters is 1. The van der Waals surface area contributed by atoms with Crippen LogP contribution in [0.2, 0.25) is 0 Å². The van der Waals surface area contributed by atoms with E-state index in [9.17, 15) is 9.59 Å². The van der Waals surface area contributed by atoms with Crippen molar-refractivity contribution in [3.63, 3.8) is 0 Å². The molecule has 0 aromatic heterocycles. The van der Waals surface area contributed by atoms with E-state index in [-0.39, 0.29) is 18.0 Å². The van der Waals surface area contributed by atoms with Crippen LogP contribution in [-0.2, 0) is 14.3 Å². The lowest BCUT2D eigenvalue weighted by Crippen LogP contribution is -2.18. The minimum atomic E-state index is -1.06. The lowest BCUT2D eigenvalue weighted by molar-refractivity contribution is -0.142. The summed E-state index contributed by atoms with van der Waals surface area (Å²) in [4.78, 5) is 20.4. The van der Waals surface area contributed by atoms with Crippen molar-refractivity contribution in [1.29, 1.82) is 0 Å². The first kappa shape index (κ1) is 9.83. The van der Waals surface area contributed by atoms with Gasteiger partial charge in [-0.2, -0.15) is 0 Å². The first-order chi connectivity index (χ1) is 5.02. The molecule has 62 valence electrons. The molecule has 0 aliphatic carbocycles. The molecule has 0 atom stereocenters. The highest BCUT2D eigenvalue weighted by molar-refractivity contribution is 7.80. The number of nitrogens with two attached hydrogens (primary N) is 1. The van der Waals surface area contributed by atoms with Gasteiger partial charge in [0.2, 0.25) is 0 Å². The van der Waals surface area contributed by atoms with Crippen LogP contribution < -0.4 is 5.73 Å². The molecule has 0 radical (unpaired) electrons. The summed E-state index contributed by atoms with van der Waals surface area (Å²) >= 11 is 4.24. The highest BCUT2D eigenvalue weighted by atomic mass is 32.1. The number of carbonyl (C=O) groups excluding carboxylic acids is 1. The Morgan fingerprint density at radius 1 is 1.45 bits per heavy atom. The van der Waals surface area contributed by atoms with Gasteiger partial charge in [0.1, 0.15) is 0 Å². The Morgan fingerprint density at radius 2 is 2.00 bits per heavy atom. The number of carboxylic acid groups (broad SMARTS) is 1. The zero-order valence-electron chi connectivity index (χ0n) is 5.57. The Morgan fingerprint density at radius 3 is 2.36 bits per heavy atom. The van der Waals surface area contributed by atoms with Gasteiger partial charge in [-0.05, 0) is 12.2 Å². The summed E-state index contributed by atoms with van der Waals surface area (Å²) in [6.07, 6.45) is -0.492. The second-order valence-corrected chi connectivity index (χ2v) is 2.09. The Hall–Kier alpha value is -1.17.